The normalized spacial score (nSPS) is 24.0. The molecule has 0 aromatic heterocycles. The molecule has 2 heterocycles. The van der Waals surface area contributed by atoms with Gasteiger partial charge in [-0.05, 0) is 19.4 Å². The lowest BCUT2D eigenvalue weighted by atomic mass is 10.1. The van der Waals surface area contributed by atoms with E-state index in [1.165, 1.54) is 6.92 Å². The number of aliphatic carboxylic acids is 1. The Bertz CT molecular complexity index is 1230. The molecule has 0 bridgehead atoms. The standard InChI is InChI=1S/C24H31N5O11S/c1-10(25)23(38)29-3-2-16(31)19(29)22(37)27-14-7-40-24(39)12-4-11(30)5-17(32)13(12)8-41-9-15(28-21(14)36)20(35)26-6-18(33)34/h4-5,10,14-16,19,30-32H,2-3,6-9,25H2,1H3,(H,26,35)(H,27,37)(H,28,36)(H,33,34). The lowest BCUT2D eigenvalue weighted by Crippen LogP contribution is -2.60. The van der Waals surface area contributed by atoms with Gasteiger partial charge in [0.2, 0.25) is 23.6 Å². The van der Waals surface area contributed by atoms with Gasteiger partial charge in [-0.3, -0.25) is 24.0 Å². The van der Waals surface area contributed by atoms with Gasteiger partial charge in [-0.25, -0.2) is 4.79 Å². The van der Waals surface area contributed by atoms with Gasteiger partial charge in [0.15, 0.2) is 0 Å². The number of nitrogens with one attached hydrogen (secondary N) is 3. The number of phenols is 2. The number of carbonyl (C=O) groups is 6. The zero-order chi connectivity index (χ0) is 30.4. The van der Waals surface area contributed by atoms with E-state index < -0.39 is 90.5 Å². The molecule has 0 saturated carbocycles. The second-order valence-electron chi connectivity index (χ2n) is 9.46. The highest BCUT2D eigenvalue weighted by Gasteiger charge is 2.43. The molecule has 5 unspecified atom stereocenters. The van der Waals surface area contributed by atoms with Gasteiger partial charge in [-0.2, -0.15) is 11.8 Å². The van der Waals surface area contributed by atoms with E-state index >= 15 is 0 Å². The quantitative estimate of drug-likeness (QED) is 0.152. The van der Waals surface area contributed by atoms with Crippen molar-refractivity contribution in [1.82, 2.24) is 20.9 Å². The van der Waals surface area contributed by atoms with Crippen molar-refractivity contribution in [2.24, 2.45) is 5.73 Å². The molecule has 3 rings (SSSR count). The molecule has 1 aromatic rings. The van der Waals surface area contributed by atoms with Crippen molar-refractivity contribution >= 4 is 47.3 Å². The van der Waals surface area contributed by atoms with Crippen molar-refractivity contribution in [3.8, 4) is 11.5 Å². The maximum atomic E-state index is 13.2. The number of carbonyl (C=O) groups excluding carboxylic acids is 5. The number of nitrogens with zero attached hydrogens (tertiary/aromatic N) is 1. The minimum atomic E-state index is -1.64. The fourth-order valence-electron chi connectivity index (χ4n) is 4.27. The number of hydrogen-bond donors (Lipinski definition) is 8. The largest absolute Gasteiger partial charge is 0.508 e. The van der Waals surface area contributed by atoms with Crippen molar-refractivity contribution in [2.75, 3.05) is 25.4 Å². The average molecular weight is 598 g/mol. The van der Waals surface area contributed by atoms with Gasteiger partial charge in [0.25, 0.3) is 0 Å². The van der Waals surface area contributed by atoms with E-state index in [4.69, 9.17) is 15.6 Å². The summed E-state index contributed by atoms with van der Waals surface area (Å²) in [6.07, 6.45) is -1.21. The lowest BCUT2D eigenvalue weighted by molar-refractivity contribution is -0.142. The van der Waals surface area contributed by atoms with E-state index in [1.807, 2.05) is 0 Å². The summed E-state index contributed by atoms with van der Waals surface area (Å²) in [4.78, 5) is 76.5. The molecule has 224 valence electrons. The number of hydrogen-bond acceptors (Lipinski definition) is 12. The number of cyclic esters (lactones) is 1. The minimum absolute atomic E-state index is 0.0261. The van der Waals surface area contributed by atoms with Crippen LogP contribution in [0.4, 0.5) is 0 Å². The molecule has 1 fully saturated rings. The van der Waals surface area contributed by atoms with Crippen LogP contribution in [0.3, 0.4) is 0 Å². The van der Waals surface area contributed by atoms with Crippen LogP contribution in [-0.4, -0.2) is 117 Å². The molecule has 17 heteroatoms. The van der Waals surface area contributed by atoms with Crippen LogP contribution in [0.2, 0.25) is 0 Å². The molecule has 0 aliphatic carbocycles. The van der Waals surface area contributed by atoms with E-state index in [0.717, 1.165) is 28.8 Å². The molecule has 1 saturated heterocycles. The topological polar surface area (TPSA) is 258 Å². The molecule has 41 heavy (non-hydrogen) atoms. The second-order valence-corrected chi connectivity index (χ2v) is 10.5. The van der Waals surface area contributed by atoms with Crippen LogP contribution in [-0.2, 0) is 34.5 Å². The van der Waals surface area contributed by atoms with Gasteiger partial charge in [0.1, 0.15) is 42.8 Å². The molecule has 9 N–H and O–H groups in total. The van der Waals surface area contributed by atoms with Gasteiger partial charge in [0.05, 0.1) is 17.7 Å². The first-order chi connectivity index (χ1) is 19.3. The molecule has 16 nitrogen and oxygen atoms in total. The first-order valence-electron chi connectivity index (χ1n) is 12.4. The molecule has 2 aliphatic rings. The molecule has 0 spiro atoms. The predicted molar refractivity (Wildman–Crippen MR) is 140 cm³/mol. The van der Waals surface area contributed by atoms with Crippen molar-refractivity contribution in [1.29, 1.82) is 0 Å². The Morgan fingerprint density at radius 1 is 1.22 bits per heavy atom. The highest BCUT2D eigenvalue weighted by molar-refractivity contribution is 7.98. The molecule has 1 aromatic carbocycles. The third kappa shape index (κ3) is 7.77. The Hall–Kier alpha value is -4.09. The van der Waals surface area contributed by atoms with E-state index in [-0.39, 0.29) is 35.6 Å². The number of thioether (sulfide) groups is 1. The molecular formula is C24H31N5O11S. The number of rotatable bonds is 6. The van der Waals surface area contributed by atoms with Gasteiger partial charge in [-0.15, -0.1) is 0 Å². The van der Waals surface area contributed by atoms with Gasteiger partial charge in [-0.1, -0.05) is 0 Å². The number of carboxylic acids is 1. The molecule has 2 aliphatic heterocycles. The summed E-state index contributed by atoms with van der Waals surface area (Å²) in [5.74, 6) is -6.87. The van der Waals surface area contributed by atoms with Crippen LogP contribution in [0.5, 0.6) is 11.5 Å². The second kappa shape index (κ2) is 13.5. The molecule has 5 atom stereocenters. The third-order valence-electron chi connectivity index (χ3n) is 6.33. The zero-order valence-corrected chi connectivity index (χ0v) is 22.7. The Balaban J connectivity index is 1.92. The summed E-state index contributed by atoms with van der Waals surface area (Å²) in [6.45, 7) is -0.0898. The third-order valence-corrected chi connectivity index (χ3v) is 7.39. The minimum Gasteiger partial charge on any atom is -0.508 e. The van der Waals surface area contributed by atoms with E-state index in [9.17, 15) is 44.1 Å². The number of nitrogens with two attached hydrogens (primary N) is 1. The van der Waals surface area contributed by atoms with E-state index in [0.29, 0.717) is 0 Å². The number of esters is 1. The summed E-state index contributed by atoms with van der Waals surface area (Å²) < 4.78 is 5.22. The predicted octanol–water partition coefficient (Wildman–Crippen LogP) is -3.02. The van der Waals surface area contributed by atoms with Crippen LogP contribution in [0, 0.1) is 0 Å². The zero-order valence-electron chi connectivity index (χ0n) is 21.9. The fraction of sp³-hybridized carbons (Fsp3) is 0.500. The number of carboxylic acid groups (broad SMARTS) is 1. The monoisotopic (exact) mass is 597 g/mol. The first-order valence-corrected chi connectivity index (χ1v) is 13.6. The molecule has 0 radical (unpaired) electrons. The Labute approximate surface area is 237 Å². The van der Waals surface area contributed by atoms with Gasteiger partial charge < -0.3 is 51.7 Å². The maximum Gasteiger partial charge on any atom is 0.338 e. The number of phenolic OH excluding ortho intramolecular Hbond substituents is 2. The summed E-state index contributed by atoms with van der Waals surface area (Å²) in [6, 6.07) is -3.30. The summed E-state index contributed by atoms with van der Waals surface area (Å²) in [5, 5.41) is 46.4. The smallest absolute Gasteiger partial charge is 0.338 e. The van der Waals surface area contributed by atoms with E-state index in [1.54, 1.807) is 0 Å². The van der Waals surface area contributed by atoms with Gasteiger partial charge in [0, 0.05) is 29.7 Å². The number of fused-ring (bicyclic) bond motifs is 1. The van der Waals surface area contributed by atoms with Gasteiger partial charge >= 0.3 is 11.9 Å². The summed E-state index contributed by atoms with van der Waals surface area (Å²) >= 11 is 0.998. The van der Waals surface area contributed by atoms with Crippen molar-refractivity contribution in [2.45, 2.75) is 49.4 Å². The number of aliphatic hydroxyl groups excluding tert-OH is 1. The van der Waals surface area contributed by atoms with Crippen LogP contribution in [0.15, 0.2) is 12.1 Å². The number of aliphatic hydroxyl groups is 1. The Morgan fingerprint density at radius 3 is 2.59 bits per heavy atom. The number of aromatic hydroxyl groups is 2. The first kappa shape index (κ1) is 31.4. The van der Waals surface area contributed by atoms with Crippen molar-refractivity contribution in [3.05, 3.63) is 23.3 Å². The Morgan fingerprint density at radius 2 is 1.93 bits per heavy atom. The fourth-order valence-corrected chi connectivity index (χ4v) is 5.37. The maximum absolute atomic E-state index is 13.2. The van der Waals surface area contributed by atoms with Crippen molar-refractivity contribution < 1.29 is 53.9 Å². The van der Waals surface area contributed by atoms with Crippen LogP contribution in [0.25, 0.3) is 0 Å². The molecular weight excluding hydrogens is 566 g/mol. The summed E-state index contributed by atoms with van der Waals surface area (Å²) in [7, 11) is 0. The number of amides is 4. The Kier molecular flexibility index (Phi) is 10.4. The lowest BCUT2D eigenvalue weighted by Gasteiger charge is -2.29. The highest BCUT2D eigenvalue weighted by atomic mass is 32.2. The van der Waals surface area contributed by atoms with Crippen molar-refractivity contribution in [3.63, 3.8) is 0 Å². The SMILES string of the molecule is CC(N)C(=O)N1CCC(O)C1C(=O)NC1COC(=O)c2cc(O)cc(O)c2CSCC(C(=O)NCC(=O)O)NC1=O. The number of likely N-dealkylation sites (tertiary alicyclic amines) is 1. The highest BCUT2D eigenvalue weighted by Crippen LogP contribution is 2.31. The van der Waals surface area contributed by atoms with Crippen LogP contribution >= 0.6 is 11.8 Å². The van der Waals surface area contributed by atoms with Crippen LogP contribution < -0.4 is 21.7 Å². The summed E-state index contributed by atoms with van der Waals surface area (Å²) in [5.41, 5.74) is 5.49. The van der Waals surface area contributed by atoms with Crippen LogP contribution in [0.1, 0.15) is 29.3 Å². The number of ether oxygens (including phenoxy) is 1. The average Bonchev–Trinajstić information content (AvgIpc) is 3.29. The molecule has 4 amide bonds. The van der Waals surface area contributed by atoms with E-state index in [2.05, 4.69) is 16.0 Å². The number of benzene rings is 1.